The van der Waals surface area contributed by atoms with Crippen LogP contribution in [0.15, 0.2) is 12.1 Å². The van der Waals surface area contributed by atoms with E-state index >= 15 is 0 Å². The summed E-state index contributed by atoms with van der Waals surface area (Å²) >= 11 is 0. The molecule has 1 heterocycles. The molecule has 0 aromatic heterocycles. The lowest BCUT2D eigenvalue weighted by Gasteiger charge is -2.24. The monoisotopic (exact) mass is 238 g/mol. The lowest BCUT2D eigenvalue weighted by Crippen LogP contribution is -2.22. The van der Waals surface area contributed by atoms with Gasteiger partial charge in [-0.1, -0.05) is 0 Å². The Kier molecular flexibility index (Phi) is 3.26. The van der Waals surface area contributed by atoms with Gasteiger partial charge in [0.1, 0.15) is 11.5 Å². The number of hydrogen-bond acceptors (Lipinski definition) is 4. The van der Waals surface area contributed by atoms with E-state index in [1.807, 2.05) is 26.0 Å². The van der Waals surface area contributed by atoms with Crippen LogP contribution >= 0.6 is 0 Å². The molecule has 0 N–H and O–H groups in total. The van der Waals surface area contributed by atoms with Crippen LogP contribution in [0.4, 0.5) is 0 Å². The van der Waals surface area contributed by atoms with Crippen molar-refractivity contribution in [2.75, 3.05) is 27.4 Å². The Labute approximate surface area is 101 Å². The molecule has 94 valence electrons. The molecular weight excluding hydrogens is 220 g/mol. The van der Waals surface area contributed by atoms with Crippen molar-refractivity contribution in [2.45, 2.75) is 19.6 Å². The van der Waals surface area contributed by atoms with E-state index in [0.29, 0.717) is 13.2 Å². The minimum atomic E-state index is -0.700. The highest BCUT2D eigenvalue weighted by Gasteiger charge is 2.34. The quantitative estimate of drug-likeness (QED) is 0.809. The Morgan fingerprint density at radius 1 is 1.06 bits per heavy atom. The highest BCUT2D eigenvalue weighted by Crippen LogP contribution is 2.38. The standard InChI is InChI=1S/C13H18O4/c1-9-11(14-3)7-10(8-12(9)15-4)13(2)16-5-6-17-13/h7-8H,5-6H2,1-4H3. The molecule has 0 aliphatic carbocycles. The van der Waals surface area contributed by atoms with Gasteiger partial charge in [0, 0.05) is 11.1 Å². The summed E-state index contributed by atoms with van der Waals surface area (Å²) in [6.45, 7) is 5.08. The Morgan fingerprint density at radius 2 is 1.53 bits per heavy atom. The van der Waals surface area contributed by atoms with Crippen molar-refractivity contribution in [3.8, 4) is 11.5 Å². The largest absolute Gasteiger partial charge is 0.496 e. The van der Waals surface area contributed by atoms with E-state index in [1.54, 1.807) is 14.2 Å². The van der Waals surface area contributed by atoms with Crippen LogP contribution in [-0.2, 0) is 15.3 Å². The molecule has 1 aromatic rings. The van der Waals surface area contributed by atoms with E-state index < -0.39 is 5.79 Å². The predicted molar refractivity (Wildman–Crippen MR) is 63.5 cm³/mol. The fraction of sp³-hybridized carbons (Fsp3) is 0.538. The van der Waals surface area contributed by atoms with Gasteiger partial charge >= 0.3 is 0 Å². The van der Waals surface area contributed by atoms with Crippen LogP contribution in [-0.4, -0.2) is 27.4 Å². The molecule has 4 nitrogen and oxygen atoms in total. The van der Waals surface area contributed by atoms with Crippen molar-refractivity contribution in [1.82, 2.24) is 0 Å². The molecule has 0 bridgehead atoms. The third-order valence-corrected chi connectivity index (χ3v) is 3.11. The minimum Gasteiger partial charge on any atom is -0.496 e. The fourth-order valence-corrected chi connectivity index (χ4v) is 2.03. The highest BCUT2D eigenvalue weighted by atomic mass is 16.7. The first-order valence-corrected chi connectivity index (χ1v) is 5.62. The van der Waals surface area contributed by atoms with Gasteiger partial charge in [-0.25, -0.2) is 0 Å². The van der Waals surface area contributed by atoms with E-state index in [4.69, 9.17) is 18.9 Å². The minimum absolute atomic E-state index is 0.606. The highest BCUT2D eigenvalue weighted by molar-refractivity contribution is 5.48. The SMILES string of the molecule is COc1cc(C2(C)OCCO2)cc(OC)c1C. The summed E-state index contributed by atoms with van der Waals surface area (Å²) in [6, 6.07) is 3.87. The van der Waals surface area contributed by atoms with Gasteiger partial charge in [-0.05, 0) is 26.0 Å². The third kappa shape index (κ3) is 2.10. The summed E-state index contributed by atoms with van der Waals surface area (Å²) in [4.78, 5) is 0. The number of hydrogen-bond donors (Lipinski definition) is 0. The second kappa shape index (κ2) is 4.55. The van der Waals surface area contributed by atoms with Crippen LogP contribution in [0.5, 0.6) is 11.5 Å². The molecule has 1 aliphatic rings. The van der Waals surface area contributed by atoms with E-state index in [9.17, 15) is 0 Å². The Balaban J connectivity index is 2.47. The number of rotatable bonds is 3. The normalized spacial score (nSPS) is 18.1. The molecule has 2 rings (SSSR count). The van der Waals surface area contributed by atoms with Crippen LogP contribution in [0.25, 0.3) is 0 Å². The molecule has 1 fully saturated rings. The number of methoxy groups -OCH3 is 2. The first-order valence-electron chi connectivity index (χ1n) is 5.62. The van der Waals surface area contributed by atoms with Gasteiger partial charge in [0.05, 0.1) is 27.4 Å². The molecule has 4 heteroatoms. The molecule has 0 saturated carbocycles. The van der Waals surface area contributed by atoms with Crippen LogP contribution in [0.3, 0.4) is 0 Å². The van der Waals surface area contributed by atoms with Crippen molar-refractivity contribution in [1.29, 1.82) is 0 Å². The molecule has 1 aliphatic heterocycles. The van der Waals surface area contributed by atoms with Gasteiger partial charge < -0.3 is 18.9 Å². The fourth-order valence-electron chi connectivity index (χ4n) is 2.03. The smallest absolute Gasteiger partial charge is 0.192 e. The van der Waals surface area contributed by atoms with Gasteiger partial charge in [-0.2, -0.15) is 0 Å². The molecule has 1 saturated heterocycles. The summed E-state index contributed by atoms with van der Waals surface area (Å²) in [5.74, 6) is 0.855. The Morgan fingerprint density at radius 3 is 1.94 bits per heavy atom. The van der Waals surface area contributed by atoms with Gasteiger partial charge in [0.25, 0.3) is 0 Å². The van der Waals surface area contributed by atoms with Crippen LogP contribution < -0.4 is 9.47 Å². The molecule has 0 amide bonds. The molecule has 17 heavy (non-hydrogen) atoms. The number of ether oxygens (including phenoxy) is 4. The van der Waals surface area contributed by atoms with E-state index in [1.165, 1.54) is 0 Å². The van der Waals surface area contributed by atoms with Crippen molar-refractivity contribution >= 4 is 0 Å². The summed E-state index contributed by atoms with van der Waals surface area (Å²) < 4.78 is 21.9. The zero-order valence-electron chi connectivity index (χ0n) is 10.7. The predicted octanol–water partition coefficient (Wildman–Crippen LogP) is 2.23. The van der Waals surface area contributed by atoms with Crippen LogP contribution in [0.1, 0.15) is 18.1 Å². The first kappa shape index (κ1) is 12.2. The Bertz CT molecular complexity index is 383. The van der Waals surface area contributed by atoms with E-state index in [2.05, 4.69) is 0 Å². The van der Waals surface area contributed by atoms with Gasteiger partial charge in [0.15, 0.2) is 5.79 Å². The lowest BCUT2D eigenvalue weighted by molar-refractivity contribution is -0.149. The maximum Gasteiger partial charge on any atom is 0.192 e. The topological polar surface area (TPSA) is 36.9 Å². The average molecular weight is 238 g/mol. The van der Waals surface area contributed by atoms with E-state index in [0.717, 1.165) is 22.6 Å². The first-order chi connectivity index (χ1) is 8.10. The second-order valence-electron chi connectivity index (χ2n) is 4.15. The average Bonchev–Trinajstić information content (AvgIpc) is 2.77. The molecule has 0 spiro atoms. The zero-order chi connectivity index (χ0) is 12.5. The summed E-state index contributed by atoms with van der Waals surface area (Å²) in [5, 5.41) is 0. The Hall–Kier alpha value is -1.26. The number of benzene rings is 1. The van der Waals surface area contributed by atoms with Crippen molar-refractivity contribution in [3.63, 3.8) is 0 Å². The van der Waals surface area contributed by atoms with Crippen LogP contribution in [0.2, 0.25) is 0 Å². The second-order valence-corrected chi connectivity index (χ2v) is 4.15. The molecule has 0 atom stereocenters. The van der Waals surface area contributed by atoms with Gasteiger partial charge in [0.2, 0.25) is 0 Å². The molecule has 0 radical (unpaired) electrons. The summed E-state index contributed by atoms with van der Waals surface area (Å²) in [7, 11) is 3.29. The summed E-state index contributed by atoms with van der Waals surface area (Å²) in [6.07, 6.45) is 0. The molecule has 1 aromatic carbocycles. The zero-order valence-corrected chi connectivity index (χ0v) is 10.7. The van der Waals surface area contributed by atoms with Crippen molar-refractivity contribution in [3.05, 3.63) is 23.3 Å². The molecule has 0 unspecified atom stereocenters. The van der Waals surface area contributed by atoms with Crippen LogP contribution in [0, 0.1) is 6.92 Å². The third-order valence-electron chi connectivity index (χ3n) is 3.11. The van der Waals surface area contributed by atoms with Gasteiger partial charge in [-0.15, -0.1) is 0 Å². The summed E-state index contributed by atoms with van der Waals surface area (Å²) in [5.41, 5.74) is 1.88. The lowest BCUT2D eigenvalue weighted by atomic mass is 10.0. The maximum absolute atomic E-state index is 5.63. The van der Waals surface area contributed by atoms with E-state index in [-0.39, 0.29) is 0 Å². The molecular formula is C13H18O4. The van der Waals surface area contributed by atoms with Crippen molar-refractivity contribution in [2.24, 2.45) is 0 Å². The van der Waals surface area contributed by atoms with Gasteiger partial charge in [-0.3, -0.25) is 0 Å². The maximum atomic E-state index is 5.63. The van der Waals surface area contributed by atoms with Crippen molar-refractivity contribution < 1.29 is 18.9 Å².